The van der Waals surface area contributed by atoms with Gasteiger partial charge in [-0.25, -0.2) is 0 Å². The number of morpholine rings is 1. The molecule has 114 valence electrons. The molecule has 1 aliphatic rings. The zero-order chi connectivity index (χ0) is 14.8. The van der Waals surface area contributed by atoms with Crippen LogP contribution >= 0.6 is 15.9 Å². The maximum atomic E-state index is 10.7. The summed E-state index contributed by atoms with van der Waals surface area (Å²) in [5.74, 6) is 0. The second-order valence-electron chi connectivity index (χ2n) is 5.79. The molecule has 0 spiro atoms. The van der Waals surface area contributed by atoms with Gasteiger partial charge in [0.25, 0.3) is 0 Å². The molecular formula is C14H24BrN3O2. The van der Waals surface area contributed by atoms with Crippen molar-refractivity contribution in [3.8, 4) is 0 Å². The van der Waals surface area contributed by atoms with Gasteiger partial charge < -0.3 is 15.2 Å². The molecular weight excluding hydrogens is 322 g/mol. The van der Waals surface area contributed by atoms with Crippen molar-refractivity contribution in [3.05, 3.63) is 15.9 Å². The number of nitrogens with zero attached hydrogens (tertiary/aromatic N) is 2. The average molecular weight is 346 g/mol. The molecule has 2 unspecified atom stereocenters. The van der Waals surface area contributed by atoms with Crippen molar-refractivity contribution in [2.75, 3.05) is 19.8 Å². The normalized spacial score (nSPS) is 22.8. The van der Waals surface area contributed by atoms with E-state index in [0.717, 1.165) is 35.4 Å². The Hall–Kier alpha value is -0.430. The van der Waals surface area contributed by atoms with E-state index in [1.165, 1.54) is 0 Å². The number of nitrogens with one attached hydrogen (secondary N) is 1. The second-order valence-corrected chi connectivity index (χ2v) is 6.58. The van der Waals surface area contributed by atoms with Crippen LogP contribution in [0.25, 0.3) is 0 Å². The Balaban J connectivity index is 2.05. The van der Waals surface area contributed by atoms with Gasteiger partial charge in [-0.2, -0.15) is 5.10 Å². The van der Waals surface area contributed by atoms with E-state index < -0.39 is 5.60 Å². The van der Waals surface area contributed by atoms with Crippen LogP contribution in [0.4, 0.5) is 0 Å². The molecule has 5 nitrogen and oxygen atoms in total. The van der Waals surface area contributed by atoms with Crippen molar-refractivity contribution in [1.82, 2.24) is 15.1 Å². The smallest absolute Gasteiger partial charge is 0.0766 e. The van der Waals surface area contributed by atoms with Crippen molar-refractivity contribution >= 4 is 15.9 Å². The summed E-state index contributed by atoms with van der Waals surface area (Å²) in [5, 5.41) is 18.6. The highest BCUT2D eigenvalue weighted by Crippen LogP contribution is 2.27. The van der Waals surface area contributed by atoms with E-state index in [1.807, 2.05) is 18.7 Å². The summed E-state index contributed by atoms with van der Waals surface area (Å²) in [6.07, 6.45) is 2.13. The van der Waals surface area contributed by atoms with E-state index in [-0.39, 0.29) is 6.04 Å². The van der Waals surface area contributed by atoms with Crippen molar-refractivity contribution in [2.24, 2.45) is 7.05 Å². The molecule has 2 N–H and O–H groups in total. The van der Waals surface area contributed by atoms with Gasteiger partial charge in [-0.1, -0.05) is 6.92 Å². The molecule has 1 aromatic heterocycles. The van der Waals surface area contributed by atoms with Crippen LogP contribution in [-0.4, -0.2) is 46.3 Å². The molecule has 0 amide bonds. The predicted octanol–water partition coefficient (Wildman–Crippen LogP) is 1.42. The molecule has 2 atom stereocenters. The summed E-state index contributed by atoms with van der Waals surface area (Å²) in [5.41, 5.74) is 1.31. The third-order valence-corrected chi connectivity index (χ3v) is 4.65. The third kappa shape index (κ3) is 3.81. The maximum absolute atomic E-state index is 10.7. The fourth-order valence-electron chi connectivity index (χ4n) is 2.73. The Morgan fingerprint density at radius 1 is 1.60 bits per heavy atom. The van der Waals surface area contributed by atoms with Gasteiger partial charge in [0.2, 0.25) is 0 Å². The van der Waals surface area contributed by atoms with Gasteiger partial charge in [-0.3, -0.25) is 4.68 Å². The standard InChI is InChI=1S/C14H24BrN3O2/c1-4-11-13(15)12(18(3)17-11)8-14(2,19)7-10-9-20-6-5-16-10/h10,16,19H,4-9H2,1-3H3. The Labute approximate surface area is 128 Å². The molecule has 0 radical (unpaired) electrons. The van der Waals surface area contributed by atoms with Crippen LogP contribution in [-0.2, 0) is 24.6 Å². The van der Waals surface area contributed by atoms with Gasteiger partial charge in [-0.15, -0.1) is 0 Å². The van der Waals surface area contributed by atoms with Gasteiger partial charge in [0.05, 0.1) is 34.7 Å². The number of aryl methyl sites for hydroxylation is 2. The number of hydrogen-bond donors (Lipinski definition) is 2. The molecule has 2 heterocycles. The topological polar surface area (TPSA) is 59.3 Å². The summed E-state index contributed by atoms with van der Waals surface area (Å²) in [4.78, 5) is 0. The number of aliphatic hydroxyl groups is 1. The minimum atomic E-state index is -0.778. The third-order valence-electron chi connectivity index (χ3n) is 3.74. The van der Waals surface area contributed by atoms with Crippen LogP contribution in [0.1, 0.15) is 31.7 Å². The van der Waals surface area contributed by atoms with Gasteiger partial charge >= 0.3 is 0 Å². The molecule has 1 aromatic rings. The van der Waals surface area contributed by atoms with Crippen LogP contribution in [0.5, 0.6) is 0 Å². The van der Waals surface area contributed by atoms with Crippen LogP contribution < -0.4 is 5.32 Å². The summed E-state index contributed by atoms with van der Waals surface area (Å²) in [7, 11) is 1.93. The van der Waals surface area contributed by atoms with E-state index in [2.05, 4.69) is 33.3 Å². The number of aromatic nitrogens is 2. The monoisotopic (exact) mass is 345 g/mol. The molecule has 1 fully saturated rings. The van der Waals surface area contributed by atoms with Gasteiger partial charge in [0.1, 0.15) is 0 Å². The van der Waals surface area contributed by atoms with Gasteiger partial charge in [0.15, 0.2) is 0 Å². The molecule has 1 saturated heterocycles. The first-order valence-electron chi connectivity index (χ1n) is 7.16. The first kappa shape index (κ1) is 15.9. The Morgan fingerprint density at radius 3 is 2.90 bits per heavy atom. The maximum Gasteiger partial charge on any atom is 0.0766 e. The number of hydrogen-bond acceptors (Lipinski definition) is 4. The summed E-state index contributed by atoms with van der Waals surface area (Å²) in [6.45, 7) is 6.25. The molecule has 2 rings (SSSR count). The lowest BCUT2D eigenvalue weighted by molar-refractivity contribution is 0.00539. The largest absolute Gasteiger partial charge is 0.390 e. The fourth-order valence-corrected chi connectivity index (χ4v) is 3.48. The first-order chi connectivity index (χ1) is 9.43. The Bertz CT molecular complexity index is 454. The molecule has 20 heavy (non-hydrogen) atoms. The van der Waals surface area contributed by atoms with Crippen molar-refractivity contribution < 1.29 is 9.84 Å². The Morgan fingerprint density at radius 2 is 2.35 bits per heavy atom. The molecule has 0 aliphatic carbocycles. The van der Waals surface area contributed by atoms with Crippen molar-refractivity contribution in [3.63, 3.8) is 0 Å². The summed E-state index contributed by atoms with van der Waals surface area (Å²) in [6, 6.07) is 0.219. The SMILES string of the molecule is CCc1nn(C)c(CC(C)(O)CC2COCCN2)c1Br. The van der Waals surface area contributed by atoms with Crippen LogP contribution in [0.15, 0.2) is 4.47 Å². The molecule has 1 aliphatic heterocycles. The van der Waals surface area contributed by atoms with Gasteiger partial charge in [0, 0.05) is 26.1 Å². The molecule has 0 aromatic carbocycles. The zero-order valence-corrected chi connectivity index (χ0v) is 14.0. The predicted molar refractivity (Wildman–Crippen MR) is 81.8 cm³/mol. The van der Waals surface area contributed by atoms with Crippen molar-refractivity contribution in [2.45, 2.75) is 44.8 Å². The minimum absolute atomic E-state index is 0.219. The lowest BCUT2D eigenvalue weighted by Crippen LogP contribution is -2.46. The number of ether oxygens (including phenoxy) is 1. The second kappa shape index (κ2) is 6.56. The fraction of sp³-hybridized carbons (Fsp3) is 0.786. The lowest BCUT2D eigenvalue weighted by atomic mass is 9.91. The van der Waals surface area contributed by atoms with Crippen LogP contribution in [0, 0.1) is 0 Å². The average Bonchev–Trinajstić information content (AvgIpc) is 2.66. The first-order valence-corrected chi connectivity index (χ1v) is 7.96. The highest BCUT2D eigenvalue weighted by atomic mass is 79.9. The zero-order valence-electron chi connectivity index (χ0n) is 12.4. The van der Waals surface area contributed by atoms with E-state index in [1.54, 1.807) is 0 Å². The van der Waals surface area contributed by atoms with Crippen LogP contribution in [0.2, 0.25) is 0 Å². The van der Waals surface area contributed by atoms with E-state index in [9.17, 15) is 5.11 Å². The van der Waals surface area contributed by atoms with Gasteiger partial charge in [-0.05, 0) is 35.7 Å². The highest BCUT2D eigenvalue weighted by molar-refractivity contribution is 9.10. The molecule has 0 bridgehead atoms. The summed E-state index contributed by atoms with van der Waals surface area (Å²) < 4.78 is 8.33. The Kier molecular flexibility index (Phi) is 5.23. The number of rotatable bonds is 5. The molecule has 6 heteroatoms. The van der Waals surface area contributed by atoms with E-state index in [4.69, 9.17) is 4.74 Å². The number of halogens is 1. The minimum Gasteiger partial charge on any atom is -0.390 e. The van der Waals surface area contributed by atoms with Crippen LogP contribution in [0.3, 0.4) is 0 Å². The van der Waals surface area contributed by atoms with E-state index >= 15 is 0 Å². The lowest BCUT2D eigenvalue weighted by Gasteiger charge is -2.31. The van der Waals surface area contributed by atoms with Crippen molar-refractivity contribution in [1.29, 1.82) is 0 Å². The molecule has 0 saturated carbocycles. The highest BCUT2D eigenvalue weighted by Gasteiger charge is 2.29. The quantitative estimate of drug-likeness (QED) is 0.847. The summed E-state index contributed by atoms with van der Waals surface area (Å²) >= 11 is 3.61. The van der Waals surface area contributed by atoms with E-state index in [0.29, 0.717) is 19.4 Å².